The van der Waals surface area contributed by atoms with E-state index in [4.69, 9.17) is 9.47 Å². The maximum Gasteiger partial charge on any atom is 0.428 e. The van der Waals surface area contributed by atoms with Crippen molar-refractivity contribution in [3.05, 3.63) is 12.2 Å². The van der Waals surface area contributed by atoms with Crippen molar-refractivity contribution < 1.29 is 45.3 Å². The average molecular weight is 404 g/mol. The molecule has 2 bridgehead atoms. The Hall–Kier alpha value is -1.29. The van der Waals surface area contributed by atoms with Crippen LogP contribution in [-0.2, 0) is 19.0 Å². The number of carbonyl (C=O) groups is 1. The normalized spacial score (nSPS) is 25.9. The van der Waals surface area contributed by atoms with E-state index in [-0.39, 0.29) is 11.8 Å². The molecule has 1 saturated carbocycles. The van der Waals surface area contributed by atoms with Crippen LogP contribution >= 0.6 is 0 Å². The van der Waals surface area contributed by atoms with E-state index in [1.807, 2.05) is 6.08 Å². The van der Waals surface area contributed by atoms with Crippen LogP contribution in [0.15, 0.2) is 12.2 Å². The van der Waals surface area contributed by atoms with Gasteiger partial charge in [-0.1, -0.05) is 12.2 Å². The lowest BCUT2D eigenvalue weighted by atomic mass is 10.0. The highest BCUT2D eigenvalue weighted by atomic mass is 19.4. The van der Waals surface area contributed by atoms with Crippen LogP contribution in [0.5, 0.6) is 0 Å². The second-order valence-electron chi connectivity index (χ2n) is 7.83. The molecule has 27 heavy (non-hydrogen) atoms. The third-order valence-electron chi connectivity index (χ3n) is 4.49. The fraction of sp³-hybridized carbons (Fsp3) is 0.824. The van der Waals surface area contributed by atoms with Crippen LogP contribution in [0.3, 0.4) is 0 Å². The quantitative estimate of drug-likeness (QED) is 0.378. The average Bonchev–Trinajstić information content (AvgIpc) is 3.05. The van der Waals surface area contributed by atoms with Gasteiger partial charge >= 0.3 is 18.3 Å². The van der Waals surface area contributed by atoms with Crippen LogP contribution in [0.25, 0.3) is 0 Å². The minimum Gasteiger partial charge on any atom is -0.458 e. The lowest BCUT2D eigenvalue weighted by Gasteiger charge is -2.37. The van der Waals surface area contributed by atoms with Crippen molar-refractivity contribution in [1.82, 2.24) is 0 Å². The van der Waals surface area contributed by atoms with Gasteiger partial charge in [-0.05, 0) is 39.5 Å². The van der Waals surface area contributed by atoms with Crippen molar-refractivity contribution in [2.24, 2.45) is 11.8 Å². The van der Waals surface area contributed by atoms with Crippen molar-refractivity contribution in [3.63, 3.8) is 0 Å². The summed E-state index contributed by atoms with van der Waals surface area (Å²) in [5.41, 5.74) is -5.69. The predicted octanol–water partition coefficient (Wildman–Crippen LogP) is 4.19. The van der Waals surface area contributed by atoms with E-state index in [1.54, 1.807) is 6.08 Å². The van der Waals surface area contributed by atoms with Gasteiger partial charge in [-0.15, -0.1) is 0 Å². The fourth-order valence-electron chi connectivity index (χ4n) is 3.23. The van der Waals surface area contributed by atoms with Gasteiger partial charge in [0, 0.05) is 5.92 Å². The van der Waals surface area contributed by atoms with Crippen molar-refractivity contribution in [3.8, 4) is 0 Å². The Morgan fingerprint density at radius 3 is 2.00 bits per heavy atom. The lowest BCUT2D eigenvalue weighted by Crippen LogP contribution is -2.62. The van der Waals surface area contributed by atoms with E-state index >= 15 is 0 Å². The number of carbonyl (C=O) groups excluding carboxylic acids is 1. The van der Waals surface area contributed by atoms with Gasteiger partial charge in [-0.25, -0.2) is 4.79 Å². The number of alkyl halides is 6. The number of hydrogen-bond acceptors (Lipinski definition) is 4. The van der Waals surface area contributed by atoms with Crippen LogP contribution in [0, 0.1) is 11.8 Å². The summed E-state index contributed by atoms with van der Waals surface area (Å²) in [6.07, 6.45) is -7.78. The van der Waals surface area contributed by atoms with Gasteiger partial charge in [0.2, 0.25) is 0 Å². The molecule has 2 aliphatic rings. The zero-order chi connectivity index (χ0) is 20.7. The second kappa shape index (κ2) is 7.27. The Morgan fingerprint density at radius 1 is 1.00 bits per heavy atom. The first-order valence-corrected chi connectivity index (χ1v) is 8.44. The molecule has 0 aromatic carbocycles. The predicted molar refractivity (Wildman–Crippen MR) is 81.7 cm³/mol. The van der Waals surface area contributed by atoms with E-state index in [2.05, 4.69) is 4.74 Å². The van der Waals surface area contributed by atoms with E-state index in [1.165, 1.54) is 20.8 Å². The highest BCUT2D eigenvalue weighted by Crippen LogP contribution is 2.48. The Morgan fingerprint density at radius 2 is 1.59 bits per heavy atom. The van der Waals surface area contributed by atoms with Gasteiger partial charge in [-0.2, -0.15) is 26.3 Å². The van der Waals surface area contributed by atoms with Crippen LogP contribution < -0.4 is 0 Å². The molecule has 0 aliphatic heterocycles. The van der Waals surface area contributed by atoms with E-state index in [0.29, 0.717) is 12.8 Å². The third kappa shape index (κ3) is 4.96. The summed E-state index contributed by atoms with van der Waals surface area (Å²) in [5, 5.41) is 0. The summed E-state index contributed by atoms with van der Waals surface area (Å²) >= 11 is 0. The maximum absolute atomic E-state index is 13.4. The molecule has 156 valence electrons. The Balaban J connectivity index is 2.14. The molecular formula is C17H22F6O4. The lowest BCUT2D eigenvalue weighted by molar-refractivity contribution is -0.391. The number of hydrogen-bond donors (Lipinski definition) is 0. The zero-order valence-electron chi connectivity index (χ0n) is 15.1. The number of esters is 1. The van der Waals surface area contributed by atoms with Gasteiger partial charge in [0.1, 0.15) is 12.2 Å². The van der Waals surface area contributed by atoms with Crippen LogP contribution in [0.4, 0.5) is 26.3 Å². The molecule has 2 rings (SSSR count). The Kier molecular flexibility index (Phi) is 5.93. The van der Waals surface area contributed by atoms with Crippen LogP contribution in [0.2, 0.25) is 0 Å². The molecule has 2 aliphatic carbocycles. The van der Waals surface area contributed by atoms with Crippen LogP contribution in [0.1, 0.15) is 33.6 Å². The zero-order valence-corrected chi connectivity index (χ0v) is 15.1. The summed E-state index contributed by atoms with van der Waals surface area (Å²) in [4.78, 5) is 11.6. The standard InChI is InChI=1S/C17H22F6O4/c1-14(2,3)27-13(24)8-26-15(16(18,19)20,17(21,22)23)9-25-12-7-10-4-5-11(12)6-10/h4-5,10-12H,6-9H2,1-3H3/t10?,11?,12-/m0/s1. The van der Waals surface area contributed by atoms with E-state index < -0.39 is 48.8 Å². The largest absolute Gasteiger partial charge is 0.458 e. The van der Waals surface area contributed by atoms with Crippen molar-refractivity contribution in [2.45, 2.75) is 63.3 Å². The van der Waals surface area contributed by atoms with Gasteiger partial charge in [0.15, 0.2) is 0 Å². The number of fused-ring (bicyclic) bond motifs is 2. The molecule has 10 heteroatoms. The SMILES string of the molecule is CC(C)(C)OC(=O)COC(CO[C@H]1CC2C=CC1C2)(C(F)(F)F)C(F)(F)F. The Bertz CT molecular complexity index is 561. The summed E-state index contributed by atoms with van der Waals surface area (Å²) in [7, 11) is 0. The number of ether oxygens (including phenoxy) is 3. The van der Waals surface area contributed by atoms with Crippen molar-refractivity contribution >= 4 is 5.97 Å². The molecule has 0 aromatic heterocycles. The molecule has 2 unspecified atom stereocenters. The molecule has 0 aromatic rings. The third-order valence-corrected chi connectivity index (χ3v) is 4.49. The number of halogens is 6. The molecular weight excluding hydrogens is 382 g/mol. The fourth-order valence-corrected chi connectivity index (χ4v) is 3.23. The van der Waals surface area contributed by atoms with Crippen molar-refractivity contribution in [2.75, 3.05) is 13.2 Å². The Labute approximate surface area is 152 Å². The minimum atomic E-state index is -5.83. The van der Waals surface area contributed by atoms with Crippen LogP contribution in [-0.4, -0.2) is 48.8 Å². The molecule has 0 N–H and O–H groups in total. The van der Waals surface area contributed by atoms with Gasteiger partial charge in [-0.3, -0.25) is 0 Å². The minimum absolute atomic E-state index is 0.105. The highest BCUT2D eigenvalue weighted by Gasteiger charge is 2.73. The summed E-state index contributed by atoms with van der Waals surface area (Å²) < 4.78 is 94.5. The maximum atomic E-state index is 13.4. The first-order valence-electron chi connectivity index (χ1n) is 8.44. The molecule has 4 nitrogen and oxygen atoms in total. The topological polar surface area (TPSA) is 44.8 Å². The smallest absolute Gasteiger partial charge is 0.428 e. The molecule has 0 radical (unpaired) electrons. The van der Waals surface area contributed by atoms with E-state index in [0.717, 1.165) is 0 Å². The number of allylic oxidation sites excluding steroid dienone is 1. The van der Waals surface area contributed by atoms with Gasteiger partial charge in [0.05, 0.1) is 12.7 Å². The van der Waals surface area contributed by atoms with Gasteiger partial charge in [0.25, 0.3) is 5.60 Å². The molecule has 0 amide bonds. The summed E-state index contributed by atoms with van der Waals surface area (Å²) in [6.45, 7) is 1.01. The van der Waals surface area contributed by atoms with E-state index in [9.17, 15) is 31.1 Å². The van der Waals surface area contributed by atoms with Gasteiger partial charge < -0.3 is 14.2 Å². The van der Waals surface area contributed by atoms with Crippen molar-refractivity contribution in [1.29, 1.82) is 0 Å². The second-order valence-corrected chi connectivity index (χ2v) is 7.83. The first kappa shape index (κ1) is 22.0. The molecule has 0 spiro atoms. The number of rotatable bonds is 6. The summed E-state index contributed by atoms with van der Waals surface area (Å²) in [5.74, 6) is -1.43. The first-order chi connectivity index (χ1) is 12.1. The molecule has 0 heterocycles. The molecule has 0 saturated heterocycles. The highest BCUT2D eigenvalue weighted by molar-refractivity contribution is 5.71. The monoisotopic (exact) mass is 404 g/mol. The summed E-state index contributed by atoms with van der Waals surface area (Å²) in [6, 6.07) is 0. The molecule has 1 fully saturated rings. The molecule has 3 atom stereocenters.